The average Bonchev–Trinajstić information content (AvgIpc) is 2.55. The average molecular weight is 373 g/mol. The van der Waals surface area contributed by atoms with Gasteiger partial charge in [0.05, 0.1) is 12.7 Å². The number of rotatable bonds is 5. The van der Waals surface area contributed by atoms with Crippen molar-refractivity contribution in [2.45, 2.75) is 12.6 Å². The number of halogens is 4. The predicted octanol–water partition coefficient (Wildman–Crippen LogP) is 3.78. The van der Waals surface area contributed by atoms with E-state index in [0.29, 0.717) is 11.3 Å². The number of hydrogen-bond acceptors (Lipinski definition) is 3. The van der Waals surface area contributed by atoms with E-state index < -0.39 is 23.4 Å². The number of hydrogen-bond donors (Lipinski definition) is 2. The maximum absolute atomic E-state index is 13.8. The summed E-state index contributed by atoms with van der Waals surface area (Å²) in [5.74, 6) is -0.426. The lowest BCUT2D eigenvalue weighted by Gasteiger charge is -2.15. The van der Waals surface area contributed by atoms with E-state index in [-0.39, 0.29) is 18.1 Å². The Hall–Kier alpha value is -2.42. The Labute approximate surface area is 147 Å². The number of nitrogens with one attached hydrogen (secondary N) is 2. The van der Waals surface area contributed by atoms with Gasteiger partial charge >= 0.3 is 6.18 Å². The first-order valence-electron chi connectivity index (χ1n) is 7.21. The van der Waals surface area contributed by atoms with Crippen molar-refractivity contribution < 1.29 is 22.3 Å². The molecule has 2 aromatic rings. The van der Waals surface area contributed by atoms with Gasteiger partial charge in [-0.15, -0.1) is 0 Å². The second-order valence-corrected chi connectivity index (χ2v) is 5.36. The van der Waals surface area contributed by atoms with Crippen LogP contribution in [0.3, 0.4) is 0 Å². The molecular formula is C16H15F4N3OS. The van der Waals surface area contributed by atoms with Crippen LogP contribution in [0.5, 0.6) is 5.75 Å². The van der Waals surface area contributed by atoms with E-state index in [2.05, 4.69) is 15.6 Å². The van der Waals surface area contributed by atoms with Gasteiger partial charge in [-0.2, -0.15) is 13.2 Å². The number of alkyl halides is 3. The van der Waals surface area contributed by atoms with E-state index in [0.717, 1.165) is 6.07 Å². The predicted molar refractivity (Wildman–Crippen MR) is 90.1 cm³/mol. The van der Waals surface area contributed by atoms with E-state index in [4.69, 9.17) is 17.0 Å². The molecule has 2 rings (SSSR count). The molecule has 1 heterocycles. The van der Waals surface area contributed by atoms with Crippen molar-refractivity contribution in [2.24, 2.45) is 0 Å². The van der Waals surface area contributed by atoms with Gasteiger partial charge in [0.2, 0.25) is 0 Å². The number of methoxy groups -OCH3 is 1. The Morgan fingerprint density at radius 2 is 2.00 bits per heavy atom. The van der Waals surface area contributed by atoms with E-state index in [1.807, 2.05) is 0 Å². The molecule has 0 atom stereocenters. The van der Waals surface area contributed by atoms with E-state index in [1.54, 1.807) is 6.07 Å². The molecule has 1 aromatic heterocycles. The van der Waals surface area contributed by atoms with Gasteiger partial charge in [-0.1, -0.05) is 6.07 Å². The molecule has 0 spiro atoms. The summed E-state index contributed by atoms with van der Waals surface area (Å²) in [6.45, 7) is 0.206. The molecule has 134 valence electrons. The van der Waals surface area contributed by atoms with Crippen molar-refractivity contribution in [3.8, 4) is 5.75 Å². The summed E-state index contributed by atoms with van der Waals surface area (Å²) in [7, 11) is 1.43. The van der Waals surface area contributed by atoms with Crippen LogP contribution in [-0.4, -0.2) is 23.8 Å². The normalized spacial score (nSPS) is 11.1. The number of thiocarbonyl (C=S) groups is 1. The Morgan fingerprint density at radius 3 is 2.68 bits per heavy atom. The first kappa shape index (κ1) is 18.9. The van der Waals surface area contributed by atoms with Gasteiger partial charge in [-0.3, -0.25) is 0 Å². The molecule has 0 aliphatic heterocycles. The minimum absolute atomic E-state index is 0.0421. The lowest BCUT2D eigenvalue weighted by atomic mass is 10.1. The molecular weight excluding hydrogens is 358 g/mol. The lowest BCUT2D eigenvalue weighted by Crippen LogP contribution is -2.31. The van der Waals surface area contributed by atoms with Crippen LogP contribution in [0.1, 0.15) is 11.1 Å². The summed E-state index contributed by atoms with van der Waals surface area (Å²) in [6, 6.07) is 6.55. The molecule has 9 heteroatoms. The molecule has 4 nitrogen and oxygen atoms in total. The third-order valence-corrected chi connectivity index (χ3v) is 3.55. The number of ether oxygens (including phenoxy) is 1. The molecule has 0 radical (unpaired) electrons. The van der Waals surface area contributed by atoms with Gasteiger partial charge < -0.3 is 15.4 Å². The molecule has 0 fully saturated rings. The van der Waals surface area contributed by atoms with Crippen molar-refractivity contribution >= 4 is 23.1 Å². The minimum Gasteiger partial charge on any atom is -0.496 e. The number of pyridine rings is 1. The molecule has 0 aliphatic carbocycles. The highest BCUT2D eigenvalue weighted by atomic mass is 32.1. The van der Waals surface area contributed by atoms with Gasteiger partial charge in [-0.25, -0.2) is 9.37 Å². The van der Waals surface area contributed by atoms with Gasteiger partial charge in [0.1, 0.15) is 17.4 Å². The lowest BCUT2D eigenvalue weighted by molar-refractivity contribution is -0.137. The van der Waals surface area contributed by atoms with Gasteiger partial charge in [0, 0.05) is 18.3 Å². The van der Waals surface area contributed by atoms with Crippen LogP contribution in [0.25, 0.3) is 0 Å². The third-order valence-electron chi connectivity index (χ3n) is 3.30. The fourth-order valence-electron chi connectivity index (χ4n) is 2.16. The van der Waals surface area contributed by atoms with Gasteiger partial charge in [0.15, 0.2) is 5.11 Å². The fraction of sp³-hybridized carbons (Fsp3) is 0.250. The second-order valence-electron chi connectivity index (χ2n) is 4.95. The van der Waals surface area contributed by atoms with Crippen LogP contribution < -0.4 is 15.4 Å². The summed E-state index contributed by atoms with van der Waals surface area (Å²) in [5.41, 5.74) is -0.566. The van der Waals surface area contributed by atoms with Crippen molar-refractivity contribution in [3.05, 3.63) is 53.5 Å². The Bertz CT molecular complexity index is 752. The number of benzene rings is 1. The van der Waals surface area contributed by atoms with Crippen LogP contribution in [0.2, 0.25) is 0 Å². The topological polar surface area (TPSA) is 46.2 Å². The minimum atomic E-state index is -4.55. The summed E-state index contributed by atoms with van der Waals surface area (Å²) in [4.78, 5) is 3.65. The molecule has 0 saturated heterocycles. The van der Waals surface area contributed by atoms with E-state index in [9.17, 15) is 17.6 Å². The molecule has 0 saturated carbocycles. The smallest absolute Gasteiger partial charge is 0.419 e. The SMILES string of the molecule is COc1cccc(F)c1CCNC(=S)Nc1ncccc1C(F)(F)F. The maximum atomic E-state index is 13.8. The zero-order valence-corrected chi connectivity index (χ0v) is 14.0. The zero-order chi connectivity index (χ0) is 18.4. The molecule has 2 N–H and O–H groups in total. The van der Waals surface area contributed by atoms with E-state index >= 15 is 0 Å². The molecule has 25 heavy (non-hydrogen) atoms. The standard InChI is InChI=1S/C16H15F4N3OS/c1-24-13-6-2-5-12(17)10(13)7-9-22-15(25)23-14-11(16(18,19)20)4-3-8-21-14/h2-6,8H,7,9H2,1H3,(H2,21,22,23,25). The van der Waals surface area contributed by atoms with Crippen LogP contribution in [-0.2, 0) is 12.6 Å². The van der Waals surface area contributed by atoms with Gasteiger partial charge in [0.25, 0.3) is 0 Å². The van der Waals surface area contributed by atoms with Crippen molar-refractivity contribution in [3.63, 3.8) is 0 Å². The van der Waals surface area contributed by atoms with Gasteiger partial charge in [-0.05, 0) is 42.9 Å². The van der Waals surface area contributed by atoms with Crippen molar-refractivity contribution in [1.82, 2.24) is 10.3 Å². The third kappa shape index (κ3) is 5.02. The maximum Gasteiger partial charge on any atom is 0.419 e. The highest BCUT2D eigenvalue weighted by Crippen LogP contribution is 2.33. The molecule has 0 unspecified atom stereocenters. The summed E-state index contributed by atoms with van der Waals surface area (Å²) in [6.07, 6.45) is -3.08. The van der Waals surface area contributed by atoms with E-state index in [1.165, 1.54) is 31.5 Å². The molecule has 0 amide bonds. The highest BCUT2D eigenvalue weighted by molar-refractivity contribution is 7.80. The molecule has 0 bridgehead atoms. The van der Waals surface area contributed by atoms with Crippen LogP contribution in [0.4, 0.5) is 23.4 Å². The van der Waals surface area contributed by atoms with Crippen LogP contribution in [0.15, 0.2) is 36.5 Å². The molecule has 1 aromatic carbocycles. The quantitative estimate of drug-likeness (QED) is 0.617. The number of aromatic nitrogens is 1. The van der Waals surface area contributed by atoms with Crippen LogP contribution >= 0.6 is 12.2 Å². The zero-order valence-electron chi connectivity index (χ0n) is 13.2. The first-order valence-corrected chi connectivity index (χ1v) is 7.62. The summed E-state index contributed by atoms with van der Waals surface area (Å²) >= 11 is 4.97. The fourth-order valence-corrected chi connectivity index (χ4v) is 2.36. The number of nitrogens with zero attached hydrogens (tertiary/aromatic N) is 1. The summed E-state index contributed by atoms with van der Waals surface area (Å²) in [5, 5.41) is 5.10. The largest absolute Gasteiger partial charge is 0.496 e. The second kappa shape index (κ2) is 8.11. The van der Waals surface area contributed by atoms with Crippen molar-refractivity contribution in [1.29, 1.82) is 0 Å². The summed E-state index contributed by atoms with van der Waals surface area (Å²) < 4.78 is 57.6. The number of anilines is 1. The Kier molecular flexibility index (Phi) is 6.13. The van der Waals surface area contributed by atoms with Crippen LogP contribution in [0, 0.1) is 5.82 Å². The molecule has 0 aliphatic rings. The van der Waals surface area contributed by atoms with Crippen molar-refractivity contribution in [2.75, 3.05) is 19.0 Å². The first-order chi connectivity index (χ1) is 11.8. The highest BCUT2D eigenvalue weighted by Gasteiger charge is 2.34. The monoisotopic (exact) mass is 373 g/mol. The Morgan fingerprint density at radius 1 is 1.24 bits per heavy atom. The Balaban J connectivity index is 1.97.